The van der Waals surface area contributed by atoms with Crippen LogP contribution in [-0.2, 0) is 9.59 Å². The van der Waals surface area contributed by atoms with Crippen LogP contribution in [0.4, 0.5) is 16.2 Å². The second-order valence-corrected chi connectivity index (χ2v) is 13.0. The highest BCUT2D eigenvalue weighted by Gasteiger charge is 2.40. The van der Waals surface area contributed by atoms with Crippen LogP contribution in [0, 0.1) is 0 Å². The number of urea groups is 1. The molecule has 3 heterocycles. The Labute approximate surface area is 288 Å². The van der Waals surface area contributed by atoms with E-state index in [0.29, 0.717) is 40.4 Å². The van der Waals surface area contributed by atoms with E-state index in [2.05, 4.69) is 50.4 Å². The molecule has 0 spiro atoms. The Kier molecular flexibility index (Phi) is 8.79. The Morgan fingerprint density at radius 3 is 1.96 bits per heavy atom. The Morgan fingerprint density at radius 1 is 0.812 bits per heavy atom. The maximum atomic E-state index is 14.3. The average Bonchev–Trinajstić information content (AvgIpc) is 3.09. The van der Waals surface area contributed by atoms with Gasteiger partial charge in [0.2, 0.25) is 0 Å². The summed E-state index contributed by atoms with van der Waals surface area (Å²) < 4.78 is 12.2. The Hall–Kier alpha value is -4.89. The fourth-order valence-electron chi connectivity index (χ4n) is 7.25. The predicted octanol–water partition coefficient (Wildman–Crippen LogP) is 7.79. The Bertz CT molecular complexity index is 1850. The van der Waals surface area contributed by atoms with Crippen molar-refractivity contribution in [3.63, 3.8) is 0 Å². The molecule has 0 saturated carbocycles. The molecule has 4 amide bonds. The summed E-state index contributed by atoms with van der Waals surface area (Å²) in [6.45, 7) is 6.43. The van der Waals surface area contributed by atoms with Crippen LogP contribution in [0.3, 0.4) is 0 Å². The summed E-state index contributed by atoms with van der Waals surface area (Å²) in [5.74, 6) is -0.244. The third-order valence-corrected chi connectivity index (χ3v) is 9.88. The standard InChI is InChI=1S/C39H36BrN3O5/c1-3-47-34-21-24(20-33(40)36(34)48-4-2)19-32-37(44)41-39(46)43(38(32)45)27-22-30-28(25-11-7-5-8-12-25)15-17-42-18-16-29(31(23-27)35(30)42)26-13-9-6-10-14-26/h5-14,19-23,28-29H,3-4,15-18H2,1-2H3,(H,41,44,46)/b32-19+/t28-,29-/m1/s1. The van der Waals surface area contributed by atoms with Crippen LogP contribution >= 0.6 is 15.9 Å². The van der Waals surface area contributed by atoms with Crippen molar-refractivity contribution in [2.45, 2.75) is 38.5 Å². The van der Waals surface area contributed by atoms with Gasteiger partial charge in [0.25, 0.3) is 11.8 Å². The second-order valence-electron chi connectivity index (χ2n) is 12.1. The first-order valence-corrected chi connectivity index (χ1v) is 17.2. The van der Waals surface area contributed by atoms with Gasteiger partial charge in [0.05, 0.1) is 23.4 Å². The van der Waals surface area contributed by atoms with E-state index >= 15 is 0 Å². The van der Waals surface area contributed by atoms with Crippen molar-refractivity contribution >= 4 is 51.2 Å². The number of anilines is 2. The quantitative estimate of drug-likeness (QED) is 0.149. The number of nitrogens with one attached hydrogen (secondary N) is 1. The summed E-state index contributed by atoms with van der Waals surface area (Å²) in [4.78, 5) is 44.6. The summed E-state index contributed by atoms with van der Waals surface area (Å²) in [5.41, 5.74) is 6.56. The number of hydrogen-bond acceptors (Lipinski definition) is 6. The highest BCUT2D eigenvalue weighted by atomic mass is 79.9. The van der Waals surface area contributed by atoms with Crippen molar-refractivity contribution in [1.82, 2.24) is 5.32 Å². The van der Waals surface area contributed by atoms with Gasteiger partial charge in [0.15, 0.2) is 11.5 Å². The highest BCUT2D eigenvalue weighted by molar-refractivity contribution is 9.10. The molecule has 0 aliphatic carbocycles. The van der Waals surface area contributed by atoms with Crippen LogP contribution in [0.5, 0.6) is 11.5 Å². The molecule has 3 aliphatic rings. The zero-order valence-corrected chi connectivity index (χ0v) is 28.5. The molecule has 1 fully saturated rings. The van der Waals surface area contributed by atoms with Crippen LogP contribution in [0.25, 0.3) is 6.08 Å². The van der Waals surface area contributed by atoms with Crippen molar-refractivity contribution in [2.24, 2.45) is 0 Å². The van der Waals surface area contributed by atoms with Gasteiger partial charge in [0.1, 0.15) is 5.57 Å². The van der Waals surface area contributed by atoms with Crippen LogP contribution in [0.15, 0.2) is 95.0 Å². The van der Waals surface area contributed by atoms with Gasteiger partial charge in [-0.2, -0.15) is 0 Å². The summed E-state index contributed by atoms with van der Waals surface area (Å²) >= 11 is 3.54. The van der Waals surface area contributed by atoms with Crippen molar-refractivity contribution in [1.29, 1.82) is 0 Å². The molecular weight excluding hydrogens is 670 g/mol. The minimum absolute atomic E-state index is 0.0865. The molecule has 244 valence electrons. The molecule has 7 rings (SSSR count). The molecular formula is C39H36BrN3O5. The number of benzene rings is 4. The van der Waals surface area contributed by atoms with Gasteiger partial charge < -0.3 is 14.4 Å². The zero-order valence-electron chi connectivity index (χ0n) is 26.9. The third-order valence-electron chi connectivity index (χ3n) is 9.29. The SMILES string of the molecule is CCOc1cc(/C=C2\C(=O)NC(=O)N(c3cc4c5c(c3)[C@@H](c3ccccc3)CCN5CC[C@@H]4c3ccccc3)C2=O)cc(Br)c1OCC. The molecule has 1 saturated heterocycles. The number of imide groups is 2. The fourth-order valence-corrected chi connectivity index (χ4v) is 7.82. The van der Waals surface area contributed by atoms with Crippen LogP contribution < -0.4 is 24.6 Å². The number of hydrogen-bond donors (Lipinski definition) is 1. The highest BCUT2D eigenvalue weighted by Crippen LogP contribution is 2.50. The fraction of sp³-hybridized carbons (Fsp3) is 0.256. The molecule has 48 heavy (non-hydrogen) atoms. The number of halogens is 1. The van der Waals surface area contributed by atoms with E-state index in [9.17, 15) is 14.4 Å². The van der Waals surface area contributed by atoms with E-state index in [1.54, 1.807) is 12.1 Å². The summed E-state index contributed by atoms with van der Waals surface area (Å²) in [7, 11) is 0. The molecule has 0 radical (unpaired) electrons. The van der Waals surface area contributed by atoms with E-state index < -0.39 is 17.8 Å². The molecule has 2 atom stereocenters. The molecule has 0 bridgehead atoms. The average molecular weight is 707 g/mol. The third kappa shape index (κ3) is 5.76. The van der Waals surface area contributed by atoms with E-state index in [1.165, 1.54) is 22.9 Å². The number of carbonyl (C=O) groups is 3. The zero-order chi connectivity index (χ0) is 33.4. The number of rotatable bonds is 8. The summed E-state index contributed by atoms with van der Waals surface area (Å²) in [6.07, 6.45) is 3.31. The number of barbiturate groups is 1. The Balaban J connectivity index is 1.36. The lowest BCUT2D eigenvalue weighted by molar-refractivity contribution is -0.122. The van der Waals surface area contributed by atoms with Gasteiger partial charge in [-0.25, -0.2) is 9.69 Å². The molecule has 1 N–H and O–H groups in total. The Morgan fingerprint density at radius 2 is 1.40 bits per heavy atom. The van der Waals surface area contributed by atoms with Gasteiger partial charge in [0, 0.05) is 30.6 Å². The normalized spacial score (nSPS) is 19.6. The maximum absolute atomic E-state index is 14.3. The lowest BCUT2D eigenvalue weighted by atomic mass is 9.76. The first kappa shape index (κ1) is 31.7. The maximum Gasteiger partial charge on any atom is 0.335 e. The molecule has 4 aromatic rings. The van der Waals surface area contributed by atoms with Gasteiger partial charge >= 0.3 is 6.03 Å². The number of ether oxygens (including phenoxy) is 2. The van der Waals surface area contributed by atoms with Crippen molar-refractivity contribution in [2.75, 3.05) is 36.1 Å². The minimum Gasteiger partial charge on any atom is -0.490 e. The molecule has 8 nitrogen and oxygen atoms in total. The van der Waals surface area contributed by atoms with E-state index in [1.807, 2.05) is 62.4 Å². The minimum atomic E-state index is -0.770. The van der Waals surface area contributed by atoms with Crippen LogP contribution in [0.1, 0.15) is 66.3 Å². The van der Waals surface area contributed by atoms with Crippen molar-refractivity contribution in [3.05, 3.63) is 123 Å². The summed E-state index contributed by atoms with van der Waals surface area (Å²) in [5, 5.41) is 2.42. The molecule has 9 heteroatoms. The van der Waals surface area contributed by atoms with E-state index in [-0.39, 0.29) is 17.4 Å². The van der Waals surface area contributed by atoms with Crippen molar-refractivity contribution in [3.8, 4) is 11.5 Å². The molecule has 0 unspecified atom stereocenters. The number of amides is 4. The molecule has 4 aromatic carbocycles. The van der Waals surface area contributed by atoms with E-state index in [0.717, 1.165) is 42.0 Å². The molecule has 3 aliphatic heterocycles. The van der Waals surface area contributed by atoms with Gasteiger partial charge in [-0.15, -0.1) is 0 Å². The van der Waals surface area contributed by atoms with Gasteiger partial charge in [-0.3, -0.25) is 14.9 Å². The lowest BCUT2D eigenvalue weighted by Crippen LogP contribution is -2.54. The van der Waals surface area contributed by atoms with Gasteiger partial charge in [-0.05, 0) is 101 Å². The van der Waals surface area contributed by atoms with Crippen LogP contribution in [0.2, 0.25) is 0 Å². The predicted molar refractivity (Wildman–Crippen MR) is 190 cm³/mol. The second kappa shape index (κ2) is 13.3. The van der Waals surface area contributed by atoms with Gasteiger partial charge in [-0.1, -0.05) is 60.7 Å². The largest absolute Gasteiger partial charge is 0.490 e. The molecule has 0 aromatic heterocycles. The first-order chi connectivity index (χ1) is 23.4. The van der Waals surface area contributed by atoms with E-state index in [4.69, 9.17) is 9.47 Å². The smallest absolute Gasteiger partial charge is 0.335 e. The number of carbonyl (C=O) groups excluding carboxylic acids is 3. The first-order valence-electron chi connectivity index (χ1n) is 16.4. The monoisotopic (exact) mass is 705 g/mol. The number of nitrogens with zero attached hydrogens (tertiary/aromatic N) is 2. The topological polar surface area (TPSA) is 88.2 Å². The van der Waals surface area contributed by atoms with Crippen LogP contribution in [-0.4, -0.2) is 44.1 Å². The van der Waals surface area contributed by atoms with Crippen molar-refractivity contribution < 1.29 is 23.9 Å². The summed E-state index contributed by atoms with van der Waals surface area (Å²) in [6, 6.07) is 27.4. The lowest BCUT2D eigenvalue weighted by Gasteiger charge is -2.44.